The molecule has 2 atom stereocenters. The second-order valence-electron chi connectivity index (χ2n) is 8.77. The van der Waals surface area contributed by atoms with Crippen molar-refractivity contribution in [3.63, 3.8) is 0 Å². The molecule has 0 saturated carbocycles. The van der Waals surface area contributed by atoms with Crippen LogP contribution in [0, 0.1) is 6.92 Å². The van der Waals surface area contributed by atoms with E-state index in [2.05, 4.69) is 10.3 Å². The number of fused-ring (bicyclic) bond motifs is 2. The number of carbonyl (C=O) groups is 1. The van der Waals surface area contributed by atoms with Crippen molar-refractivity contribution in [3.05, 3.63) is 79.6 Å². The number of primary amides is 1. The highest BCUT2D eigenvalue weighted by Gasteiger charge is 2.35. The number of amides is 1. The highest BCUT2D eigenvalue weighted by Crippen LogP contribution is 2.40. The number of rotatable bonds is 5. The number of nitrogens with two attached hydrogens (primary N) is 2. The van der Waals surface area contributed by atoms with E-state index in [-0.39, 0.29) is 11.5 Å². The Hall–Kier alpha value is -3.39. The monoisotopic (exact) mass is 464 g/mol. The number of nitrogen functional groups attached to an aromatic ring is 1. The van der Waals surface area contributed by atoms with Crippen molar-refractivity contribution >= 4 is 29.0 Å². The molecule has 5 rings (SSSR count). The number of benzene rings is 1. The number of nitrogens with one attached hydrogen (secondary N) is 1. The molecular formula is C24H25ClN6O2. The van der Waals surface area contributed by atoms with Crippen molar-refractivity contribution in [1.82, 2.24) is 14.5 Å². The first-order valence-corrected chi connectivity index (χ1v) is 11.4. The molecule has 1 aliphatic carbocycles. The van der Waals surface area contributed by atoms with E-state index >= 15 is 0 Å². The number of pyridine rings is 1. The third kappa shape index (κ3) is 3.84. The molecule has 0 radical (unpaired) electrons. The zero-order valence-corrected chi connectivity index (χ0v) is 19.0. The molecule has 170 valence electrons. The van der Waals surface area contributed by atoms with Crippen LogP contribution in [0.25, 0.3) is 0 Å². The van der Waals surface area contributed by atoms with Crippen LogP contribution in [0.5, 0.6) is 0 Å². The quantitative estimate of drug-likeness (QED) is 0.532. The summed E-state index contributed by atoms with van der Waals surface area (Å²) in [4.78, 5) is 35.0. The number of anilines is 2. The molecule has 1 amide bonds. The zero-order chi connectivity index (χ0) is 23.3. The number of halogens is 1. The average molecular weight is 465 g/mol. The van der Waals surface area contributed by atoms with Gasteiger partial charge in [0, 0.05) is 29.6 Å². The largest absolute Gasteiger partial charge is 0.384 e. The maximum atomic E-state index is 13.7. The van der Waals surface area contributed by atoms with Crippen LogP contribution in [0.1, 0.15) is 58.7 Å². The summed E-state index contributed by atoms with van der Waals surface area (Å²) in [7, 11) is 0. The second-order valence-corrected chi connectivity index (χ2v) is 9.21. The molecular weight excluding hydrogens is 440 g/mol. The molecule has 33 heavy (non-hydrogen) atoms. The maximum absolute atomic E-state index is 13.7. The number of carbonyl (C=O) groups excluding carboxylic acids is 1. The van der Waals surface area contributed by atoms with Crippen LogP contribution in [-0.4, -0.2) is 20.4 Å². The minimum absolute atomic E-state index is 0.0806. The zero-order valence-electron chi connectivity index (χ0n) is 18.3. The van der Waals surface area contributed by atoms with Crippen molar-refractivity contribution in [2.24, 2.45) is 5.73 Å². The van der Waals surface area contributed by atoms with Gasteiger partial charge in [-0.05, 0) is 61.1 Å². The van der Waals surface area contributed by atoms with E-state index < -0.39 is 11.9 Å². The Morgan fingerprint density at radius 2 is 2.03 bits per heavy atom. The van der Waals surface area contributed by atoms with Gasteiger partial charge >= 0.3 is 0 Å². The Morgan fingerprint density at radius 3 is 2.79 bits per heavy atom. The summed E-state index contributed by atoms with van der Waals surface area (Å²) in [5.41, 5.74) is 16.2. The Kier molecular flexibility index (Phi) is 5.32. The molecule has 0 spiro atoms. The summed E-state index contributed by atoms with van der Waals surface area (Å²) in [6.07, 6.45) is 2.56. The molecule has 2 aromatic heterocycles. The molecule has 0 bridgehead atoms. The minimum atomic E-state index is -0.680. The second kappa shape index (κ2) is 8.19. The minimum Gasteiger partial charge on any atom is -0.384 e. The summed E-state index contributed by atoms with van der Waals surface area (Å²) in [5, 5.41) is 3.95. The highest BCUT2D eigenvalue weighted by atomic mass is 35.5. The van der Waals surface area contributed by atoms with Gasteiger partial charge in [0.15, 0.2) is 0 Å². The van der Waals surface area contributed by atoms with Crippen LogP contribution in [0.2, 0.25) is 5.02 Å². The molecule has 3 aromatic rings. The van der Waals surface area contributed by atoms with Gasteiger partial charge in [-0.2, -0.15) is 0 Å². The van der Waals surface area contributed by atoms with Crippen LogP contribution >= 0.6 is 11.6 Å². The van der Waals surface area contributed by atoms with Crippen LogP contribution in [0.3, 0.4) is 0 Å². The normalized spacial score (nSPS) is 18.7. The van der Waals surface area contributed by atoms with Crippen molar-refractivity contribution in [2.75, 3.05) is 11.1 Å². The van der Waals surface area contributed by atoms with Crippen LogP contribution < -0.4 is 22.3 Å². The smallest absolute Gasteiger partial charge is 0.277 e. The predicted molar refractivity (Wildman–Crippen MR) is 127 cm³/mol. The Bertz CT molecular complexity index is 1320. The Balaban J connectivity index is 1.61. The summed E-state index contributed by atoms with van der Waals surface area (Å²) >= 11 is 6.22. The lowest BCUT2D eigenvalue weighted by Gasteiger charge is -2.20. The fraction of sp³-hybridized carbons (Fsp3) is 0.333. The van der Waals surface area contributed by atoms with E-state index in [9.17, 15) is 9.59 Å². The fourth-order valence-electron chi connectivity index (χ4n) is 5.05. The number of aromatic nitrogens is 3. The number of hydrogen-bond acceptors (Lipinski definition) is 6. The molecule has 1 aromatic carbocycles. The van der Waals surface area contributed by atoms with Gasteiger partial charge in [0.2, 0.25) is 5.91 Å². The van der Waals surface area contributed by atoms with Gasteiger partial charge in [-0.25, -0.2) is 9.97 Å². The number of nitrogens with zero attached hydrogens (tertiary/aromatic N) is 3. The molecule has 0 saturated heterocycles. The topological polar surface area (TPSA) is 129 Å². The fourth-order valence-corrected chi connectivity index (χ4v) is 5.36. The Labute approximate surface area is 196 Å². The molecule has 9 heteroatoms. The molecule has 1 unspecified atom stereocenters. The van der Waals surface area contributed by atoms with Crippen LogP contribution in [0.4, 0.5) is 11.5 Å². The molecule has 0 fully saturated rings. The van der Waals surface area contributed by atoms with E-state index in [1.807, 2.05) is 31.2 Å². The van der Waals surface area contributed by atoms with Gasteiger partial charge in [-0.15, -0.1) is 0 Å². The Morgan fingerprint density at radius 1 is 1.21 bits per heavy atom. The van der Waals surface area contributed by atoms with Gasteiger partial charge in [-0.3, -0.25) is 14.2 Å². The average Bonchev–Trinajstić information content (AvgIpc) is 3.36. The standard InChI is InChI=1S/C24H25ClN6O2/c1-12-8-13(10-14(25)9-12)11-28-22-21(16-2-4-17-15(16)3-6-19(26)29-17)30-20-7-5-18(23(27)32)31(20)24(22)33/h3,6,8-10,16,18,28H,2,4-5,7,11H2,1H3,(H2,26,29)(H2,27,32)/t16-,18?/m1/s1. The molecule has 5 N–H and O–H groups in total. The summed E-state index contributed by atoms with van der Waals surface area (Å²) < 4.78 is 1.45. The lowest BCUT2D eigenvalue weighted by Crippen LogP contribution is -2.34. The van der Waals surface area contributed by atoms with Crippen molar-refractivity contribution in [3.8, 4) is 0 Å². The summed E-state index contributed by atoms with van der Waals surface area (Å²) in [6, 6.07) is 8.83. The number of aryl methyl sites for hydroxylation is 3. The highest BCUT2D eigenvalue weighted by molar-refractivity contribution is 6.30. The van der Waals surface area contributed by atoms with Crippen LogP contribution in [0.15, 0.2) is 35.1 Å². The van der Waals surface area contributed by atoms with Gasteiger partial charge in [0.1, 0.15) is 23.4 Å². The van der Waals surface area contributed by atoms with Crippen LogP contribution in [-0.2, 0) is 24.2 Å². The lowest BCUT2D eigenvalue weighted by molar-refractivity contribution is -0.121. The predicted octanol–water partition coefficient (Wildman–Crippen LogP) is 2.85. The molecule has 8 nitrogen and oxygen atoms in total. The van der Waals surface area contributed by atoms with Gasteiger partial charge < -0.3 is 16.8 Å². The van der Waals surface area contributed by atoms with Crippen molar-refractivity contribution in [1.29, 1.82) is 0 Å². The maximum Gasteiger partial charge on any atom is 0.277 e. The first-order chi connectivity index (χ1) is 15.8. The first-order valence-electron chi connectivity index (χ1n) is 11.0. The molecule has 2 aliphatic rings. The van der Waals surface area contributed by atoms with E-state index in [4.69, 9.17) is 28.1 Å². The van der Waals surface area contributed by atoms with Gasteiger partial charge in [0.25, 0.3) is 5.56 Å². The van der Waals surface area contributed by atoms with E-state index in [1.54, 1.807) is 6.07 Å². The SMILES string of the molecule is Cc1cc(Cl)cc(CNc2c([C@@H]3CCc4nc(N)ccc43)nc3n(c2=O)C(C(N)=O)CC3)c1. The van der Waals surface area contributed by atoms with E-state index in [1.165, 1.54) is 4.57 Å². The van der Waals surface area contributed by atoms with Crippen molar-refractivity contribution < 1.29 is 4.79 Å². The summed E-state index contributed by atoms with van der Waals surface area (Å²) in [5.74, 6) is 0.478. The van der Waals surface area contributed by atoms with Crippen molar-refractivity contribution in [2.45, 2.75) is 51.1 Å². The van der Waals surface area contributed by atoms with Gasteiger partial charge in [-0.1, -0.05) is 23.7 Å². The molecule has 3 heterocycles. The molecule has 1 aliphatic heterocycles. The first kappa shape index (κ1) is 21.5. The lowest BCUT2D eigenvalue weighted by atomic mass is 9.97. The van der Waals surface area contributed by atoms with E-state index in [0.29, 0.717) is 47.4 Å². The summed E-state index contributed by atoms with van der Waals surface area (Å²) in [6.45, 7) is 2.36. The third-order valence-electron chi connectivity index (χ3n) is 6.48. The number of hydrogen-bond donors (Lipinski definition) is 3. The van der Waals surface area contributed by atoms with Gasteiger partial charge in [0.05, 0.1) is 5.69 Å². The van der Waals surface area contributed by atoms with E-state index in [0.717, 1.165) is 35.2 Å². The third-order valence-corrected chi connectivity index (χ3v) is 6.69.